The minimum absolute atomic E-state index is 0.131. The van der Waals surface area contributed by atoms with Crippen molar-refractivity contribution in [2.45, 2.75) is 13.0 Å². The van der Waals surface area contributed by atoms with E-state index < -0.39 is 5.82 Å². The second-order valence-corrected chi connectivity index (χ2v) is 3.97. The molecule has 1 aromatic rings. The summed E-state index contributed by atoms with van der Waals surface area (Å²) in [5, 5.41) is 3.25. The summed E-state index contributed by atoms with van der Waals surface area (Å²) in [7, 11) is 0. The average Bonchev–Trinajstić information content (AvgIpc) is 2.29. The summed E-state index contributed by atoms with van der Waals surface area (Å²) in [4.78, 5) is 17.5. The lowest BCUT2D eigenvalue weighted by atomic mass is 10.2. The summed E-state index contributed by atoms with van der Waals surface area (Å²) >= 11 is 0. The van der Waals surface area contributed by atoms with Crippen LogP contribution in [0.15, 0.2) is 18.3 Å². The second-order valence-electron chi connectivity index (χ2n) is 3.97. The Balaban J connectivity index is 2.09. The van der Waals surface area contributed by atoms with E-state index in [1.54, 1.807) is 4.90 Å². The van der Waals surface area contributed by atoms with E-state index in [-0.39, 0.29) is 11.9 Å². The van der Waals surface area contributed by atoms with Crippen LogP contribution in [0.3, 0.4) is 0 Å². The maximum Gasteiger partial charge on any atom is 0.272 e. The van der Waals surface area contributed by atoms with Crippen LogP contribution in [0.4, 0.5) is 4.39 Å². The van der Waals surface area contributed by atoms with Gasteiger partial charge in [-0.15, -0.1) is 0 Å². The molecule has 86 valence electrons. The zero-order chi connectivity index (χ0) is 11.5. The number of aromatic nitrogens is 1. The number of rotatable bonds is 1. The zero-order valence-electron chi connectivity index (χ0n) is 9.11. The van der Waals surface area contributed by atoms with E-state index in [1.807, 2.05) is 6.92 Å². The molecule has 4 nitrogen and oxygen atoms in total. The highest BCUT2D eigenvalue weighted by molar-refractivity contribution is 5.92. The molecular formula is C11H14FN3O. The lowest BCUT2D eigenvalue weighted by molar-refractivity contribution is 0.0703. The van der Waals surface area contributed by atoms with E-state index in [9.17, 15) is 9.18 Å². The number of nitrogens with one attached hydrogen (secondary N) is 1. The minimum atomic E-state index is -0.426. The molecule has 1 fully saturated rings. The van der Waals surface area contributed by atoms with E-state index in [2.05, 4.69) is 10.3 Å². The molecule has 0 radical (unpaired) electrons. The van der Waals surface area contributed by atoms with Crippen LogP contribution in [-0.2, 0) is 0 Å². The van der Waals surface area contributed by atoms with Crippen molar-refractivity contribution in [3.8, 4) is 0 Å². The third-order valence-electron chi connectivity index (χ3n) is 2.60. The van der Waals surface area contributed by atoms with Crippen LogP contribution >= 0.6 is 0 Å². The molecule has 2 heterocycles. The van der Waals surface area contributed by atoms with Crippen molar-refractivity contribution in [2.75, 3.05) is 19.6 Å². The number of hydrogen-bond acceptors (Lipinski definition) is 3. The first-order chi connectivity index (χ1) is 7.66. The maximum absolute atomic E-state index is 12.7. The Morgan fingerprint density at radius 2 is 2.44 bits per heavy atom. The van der Waals surface area contributed by atoms with Crippen LogP contribution in [-0.4, -0.2) is 41.5 Å². The zero-order valence-corrected chi connectivity index (χ0v) is 9.11. The Kier molecular flexibility index (Phi) is 3.14. The fraction of sp³-hybridized carbons (Fsp3) is 0.455. The largest absolute Gasteiger partial charge is 0.334 e. The Morgan fingerprint density at radius 3 is 3.06 bits per heavy atom. The van der Waals surface area contributed by atoms with Gasteiger partial charge in [0.25, 0.3) is 5.91 Å². The standard InChI is InChI=1S/C11H14FN3O/c1-8-7-15(5-4-13-8)11(16)10-3-2-9(12)6-14-10/h2-3,6,8,13H,4-5,7H2,1H3/t8-/m0/s1. The minimum Gasteiger partial charge on any atom is -0.334 e. The number of halogens is 1. The Hall–Kier alpha value is -1.49. The lowest BCUT2D eigenvalue weighted by Gasteiger charge is -2.31. The molecule has 0 aliphatic carbocycles. The van der Waals surface area contributed by atoms with Gasteiger partial charge in [-0.05, 0) is 19.1 Å². The van der Waals surface area contributed by atoms with Crippen molar-refractivity contribution < 1.29 is 9.18 Å². The maximum atomic E-state index is 12.7. The van der Waals surface area contributed by atoms with Gasteiger partial charge in [0.2, 0.25) is 0 Å². The van der Waals surface area contributed by atoms with Crippen LogP contribution < -0.4 is 5.32 Å². The van der Waals surface area contributed by atoms with Crippen molar-refractivity contribution in [3.05, 3.63) is 29.8 Å². The lowest BCUT2D eigenvalue weighted by Crippen LogP contribution is -2.51. The Morgan fingerprint density at radius 1 is 1.62 bits per heavy atom. The van der Waals surface area contributed by atoms with Crippen molar-refractivity contribution in [2.24, 2.45) is 0 Å². The smallest absolute Gasteiger partial charge is 0.272 e. The highest BCUT2D eigenvalue weighted by atomic mass is 19.1. The van der Waals surface area contributed by atoms with Gasteiger partial charge in [-0.2, -0.15) is 0 Å². The molecule has 0 unspecified atom stereocenters. The quantitative estimate of drug-likeness (QED) is 0.760. The number of hydrogen-bond donors (Lipinski definition) is 1. The molecule has 1 saturated heterocycles. The van der Waals surface area contributed by atoms with Crippen molar-refractivity contribution in [3.63, 3.8) is 0 Å². The summed E-state index contributed by atoms with van der Waals surface area (Å²) in [6.07, 6.45) is 1.07. The van der Waals surface area contributed by atoms with Gasteiger partial charge >= 0.3 is 0 Å². The first-order valence-corrected chi connectivity index (χ1v) is 5.31. The van der Waals surface area contributed by atoms with Gasteiger partial charge in [-0.1, -0.05) is 0 Å². The first kappa shape index (κ1) is 11.0. The third kappa shape index (κ3) is 2.36. The summed E-state index contributed by atoms with van der Waals surface area (Å²) in [5.41, 5.74) is 0.301. The number of carbonyl (C=O) groups excluding carboxylic acids is 1. The second kappa shape index (κ2) is 4.57. The topological polar surface area (TPSA) is 45.2 Å². The van der Waals surface area contributed by atoms with Gasteiger partial charge in [-0.25, -0.2) is 9.37 Å². The molecule has 5 heteroatoms. The molecule has 2 rings (SSSR count). The van der Waals surface area contributed by atoms with Gasteiger partial charge in [0.1, 0.15) is 11.5 Å². The predicted molar refractivity (Wildman–Crippen MR) is 57.6 cm³/mol. The van der Waals surface area contributed by atoms with Crippen molar-refractivity contribution in [1.82, 2.24) is 15.2 Å². The van der Waals surface area contributed by atoms with Crippen LogP contribution in [0, 0.1) is 5.82 Å². The summed E-state index contributed by atoms with van der Waals surface area (Å²) in [6, 6.07) is 2.97. The summed E-state index contributed by atoms with van der Waals surface area (Å²) < 4.78 is 12.7. The van der Waals surface area contributed by atoms with Gasteiger partial charge in [0.05, 0.1) is 6.20 Å². The van der Waals surface area contributed by atoms with Gasteiger partial charge in [-0.3, -0.25) is 4.79 Å². The molecular weight excluding hydrogens is 209 g/mol. The molecule has 0 spiro atoms. The normalized spacial score (nSPS) is 20.9. The Labute approximate surface area is 93.5 Å². The molecule has 1 aliphatic rings. The van der Waals surface area contributed by atoms with Crippen LogP contribution in [0.2, 0.25) is 0 Å². The molecule has 1 aromatic heterocycles. The fourth-order valence-electron chi connectivity index (χ4n) is 1.78. The van der Waals surface area contributed by atoms with E-state index >= 15 is 0 Å². The highest BCUT2D eigenvalue weighted by Gasteiger charge is 2.22. The van der Waals surface area contributed by atoms with E-state index in [0.29, 0.717) is 18.8 Å². The van der Waals surface area contributed by atoms with Gasteiger partial charge < -0.3 is 10.2 Å². The first-order valence-electron chi connectivity index (χ1n) is 5.31. The van der Waals surface area contributed by atoms with Crippen LogP contribution in [0.5, 0.6) is 0 Å². The van der Waals surface area contributed by atoms with Gasteiger partial charge in [0, 0.05) is 25.7 Å². The summed E-state index contributed by atoms with van der Waals surface area (Å²) in [6.45, 7) is 4.14. The van der Waals surface area contributed by atoms with Crippen LogP contribution in [0.25, 0.3) is 0 Å². The van der Waals surface area contributed by atoms with Crippen LogP contribution in [0.1, 0.15) is 17.4 Å². The molecule has 0 bridgehead atoms. The molecule has 0 saturated carbocycles. The van der Waals surface area contributed by atoms with E-state index in [4.69, 9.17) is 0 Å². The molecule has 16 heavy (non-hydrogen) atoms. The SMILES string of the molecule is C[C@H]1CN(C(=O)c2ccc(F)cn2)CCN1. The number of amides is 1. The van der Waals surface area contributed by atoms with Gasteiger partial charge in [0.15, 0.2) is 0 Å². The molecule has 1 amide bonds. The number of pyridine rings is 1. The number of nitrogens with zero attached hydrogens (tertiary/aromatic N) is 2. The van der Waals surface area contributed by atoms with Crippen molar-refractivity contribution >= 4 is 5.91 Å². The highest BCUT2D eigenvalue weighted by Crippen LogP contribution is 2.06. The molecule has 1 atom stereocenters. The predicted octanol–water partition coefficient (Wildman–Crippen LogP) is 0.655. The average molecular weight is 223 g/mol. The number of carbonyl (C=O) groups is 1. The number of piperazine rings is 1. The fourth-order valence-corrected chi connectivity index (χ4v) is 1.78. The monoisotopic (exact) mass is 223 g/mol. The molecule has 1 N–H and O–H groups in total. The van der Waals surface area contributed by atoms with E-state index in [1.165, 1.54) is 12.1 Å². The van der Waals surface area contributed by atoms with Crippen molar-refractivity contribution in [1.29, 1.82) is 0 Å². The third-order valence-corrected chi connectivity index (χ3v) is 2.60. The van der Waals surface area contributed by atoms with E-state index in [0.717, 1.165) is 12.7 Å². The molecule has 0 aromatic carbocycles. The summed E-state index contributed by atoms with van der Waals surface area (Å²) in [5.74, 6) is -0.557. The Bertz CT molecular complexity index is 379. The molecule has 1 aliphatic heterocycles.